The van der Waals surface area contributed by atoms with Gasteiger partial charge in [0.15, 0.2) is 17.7 Å². The van der Waals surface area contributed by atoms with Crippen molar-refractivity contribution in [2.24, 2.45) is 5.92 Å². The third-order valence-electron chi connectivity index (χ3n) is 4.12. The Morgan fingerprint density at radius 1 is 1.38 bits per heavy atom. The smallest absolute Gasteiger partial charge is 0.260 e. The maximum atomic E-state index is 13.8. The summed E-state index contributed by atoms with van der Waals surface area (Å²) in [6.07, 6.45) is 1.16. The highest BCUT2D eigenvalue weighted by Crippen LogP contribution is 2.22. The Hall–Kier alpha value is -1.14. The lowest BCUT2D eigenvalue weighted by Gasteiger charge is -2.33. The van der Waals surface area contributed by atoms with Gasteiger partial charge >= 0.3 is 0 Å². The number of ether oxygens (including phenoxy) is 1. The lowest BCUT2D eigenvalue weighted by molar-refractivity contribution is -0.128. The average Bonchev–Trinajstić information content (AvgIpc) is 2.51. The van der Waals surface area contributed by atoms with E-state index in [-0.39, 0.29) is 17.7 Å². The van der Waals surface area contributed by atoms with Crippen molar-refractivity contribution in [3.05, 3.63) is 28.5 Å². The molecule has 2 rings (SSSR count). The Bertz CT molecular complexity index is 560. The van der Waals surface area contributed by atoms with Gasteiger partial charge in [-0.05, 0) is 43.9 Å². The van der Waals surface area contributed by atoms with Crippen molar-refractivity contribution in [2.45, 2.75) is 45.8 Å². The van der Waals surface area contributed by atoms with E-state index in [9.17, 15) is 9.18 Å². The fourth-order valence-electron chi connectivity index (χ4n) is 2.91. The summed E-state index contributed by atoms with van der Waals surface area (Å²) < 4.78 is 19.9. The number of hydrogen-bond acceptors (Lipinski definition) is 3. The molecule has 1 aromatic rings. The minimum atomic E-state index is -0.727. The molecule has 0 radical (unpaired) electrons. The molecule has 134 valence electrons. The van der Waals surface area contributed by atoms with E-state index in [0.717, 1.165) is 32.5 Å². The third-order valence-corrected chi connectivity index (χ3v) is 4.62. The molecule has 1 aliphatic rings. The van der Waals surface area contributed by atoms with Gasteiger partial charge in [0.25, 0.3) is 5.91 Å². The maximum Gasteiger partial charge on any atom is 0.260 e. The molecule has 4 nitrogen and oxygen atoms in total. The summed E-state index contributed by atoms with van der Waals surface area (Å²) in [6.45, 7) is 9.18. The van der Waals surface area contributed by atoms with E-state index in [1.54, 1.807) is 13.0 Å². The molecule has 1 N–H and O–H groups in total. The van der Waals surface area contributed by atoms with Gasteiger partial charge in [0, 0.05) is 30.1 Å². The lowest BCUT2D eigenvalue weighted by Crippen LogP contribution is -2.48. The number of amides is 1. The first-order valence-electron chi connectivity index (χ1n) is 8.49. The third kappa shape index (κ3) is 5.74. The molecule has 1 fully saturated rings. The molecule has 0 spiro atoms. The van der Waals surface area contributed by atoms with Gasteiger partial charge in [0.1, 0.15) is 0 Å². The molecule has 24 heavy (non-hydrogen) atoms. The summed E-state index contributed by atoms with van der Waals surface area (Å²) in [6, 6.07) is 4.70. The predicted octanol–water partition coefficient (Wildman–Crippen LogP) is 3.59. The number of carbonyl (C=O) groups is 1. The largest absolute Gasteiger partial charge is 0.478 e. The Balaban J connectivity index is 1.80. The minimum absolute atomic E-state index is 0.0904. The second kappa shape index (κ2) is 8.81. The number of rotatable bonds is 6. The molecule has 1 saturated heterocycles. The first-order chi connectivity index (χ1) is 11.3. The fourth-order valence-corrected chi connectivity index (χ4v) is 3.24. The molecule has 1 heterocycles. The Labute approximate surface area is 151 Å². The van der Waals surface area contributed by atoms with E-state index in [1.165, 1.54) is 12.1 Å². The van der Waals surface area contributed by atoms with Gasteiger partial charge in [-0.2, -0.15) is 0 Å². The van der Waals surface area contributed by atoms with Crippen LogP contribution < -0.4 is 10.1 Å². The van der Waals surface area contributed by atoms with E-state index in [4.69, 9.17) is 4.74 Å². The van der Waals surface area contributed by atoms with Crippen molar-refractivity contribution < 1.29 is 13.9 Å². The van der Waals surface area contributed by atoms with Crippen LogP contribution in [0.5, 0.6) is 5.75 Å². The number of carbonyl (C=O) groups excluding carboxylic acids is 1. The normalized spacial score (nSPS) is 17.8. The van der Waals surface area contributed by atoms with Crippen molar-refractivity contribution in [3.63, 3.8) is 0 Å². The molecule has 1 aliphatic heterocycles. The van der Waals surface area contributed by atoms with Gasteiger partial charge in [-0.3, -0.25) is 4.79 Å². The number of piperidine rings is 1. The van der Waals surface area contributed by atoms with E-state index in [2.05, 4.69) is 40.0 Å². The molecule has 0 aliphatic carbocycles. The standard InChI is InChI=1S/C18H26BrFN2O2/c1-12(2)11-22-8-6-15(7-9-22)21-18(23)13(3)24-17-5-4-14(19)10-16(17)20/h4-5,10,12-13,15H,6-9,11H2,1-3H3,(H,21,23). The van der Waals surface area contributed by atoms with Crippen LogP contribution in [-0.2, 0) is 4.79 Å². The summed E-state index contributed by atoms with van der Waals surface area (Å²) in [7, 11) is 0. The fraction of sp³-hybridized carbons (Fsp3) is 0.611. The molecule has 0 bridgehead atoms. The minimum Gasteiger partial charge on any atom is -0.478 e. The maximum absolute atomic E-state index is 13.8. The molecule has 1 unspecified atom stereocenters. The quantitative estimate of drug-likeness (QED) is 0.792. The highest BCUT2D eigenvalue weighted by molar-refractivity contribution is 9.10. The molecular formula is C18H26BrFN2O2. The molecule has 0 aromatic heterocycles. The number of benzene rings is 1. The van der Waals surface area contributed by atoms with Crippen LogP contribution in [0, 0.1) is 11.7 Å². The zero-order chi connectivity index (χ0) is 17.7. The first-order valence-corrected chi connectivity index (χ1v) is 9.29. The summed E-state index contributed by atoms with van der Waals surface area (Å²) in [5.41, 5.74) is 0. The lowest BCUT2D eigenvalue weighted by atomic mass is 10.0. The van der Waals surface area contributed by atoms with Crippen LogP contribution in [0.1, 0.15) is 33.6 Å². The Morgan fingerprint density at radius 2 is 2.04 bits per heavy atom. The average molecular weight is 401 g/mol. The van der Waals surface area contributed by atoms with E-state index in [1.807, 2.05) is 0 Å². The predicted molar refractivity (Wildman–Crippen MR) is 96.6 cm³/mol. The van der Waals surface area contributed by atoms with Crippen molar-refractivity contribution in [1.82, 2.24) is 10.2 Å². The Kier molecular flexibility index (Phi) is 7.04. The molecule has 6 heteroatoms. The summed E-state index contributed by atoms with van der Waals surface area (Å²) >= 11 is 3.20. The monoisotopic (exact) mass is 400 g/mol. The van der Waals surface area contributed by atoms with Crippen LogP contribution in [0.3, 0.4) is 0 Å². The highest BCUT2D eigenvalue weighted by atomic mass is 79.9. The summed E-state index contributed by atoms with van der Waals surface area (Å²) in [4.78, 5) is 14.7. The summed E-state index contributed by atoms with van der Waals surface area (Å²) in [5.74, 6) is 0.0728. The molecule has 0 saturated carbocycles. The number of hydrogen-bond donors (Lipinski definition) is 1. The van der Waals surface area contributed by atoms with Crippen molar-refractivity contribution >= 4 is 21.8 Å². The second-order valence-electron chi connectivity index (χ2n) is 6.81. The van der Waals surface area contributed by atoms with Gasteiger partial charge in [0.05, 0.1) is 0 Å². The van der Waals surface area contributed by atoms with Gasteiger partial charge in [-0.25, -0.2) is 4.39 Å². The zero-order valence-electron chi connectivity index (χ0n) is 14.5. The highest BCUT2D eigenvalue weighted by Gasteiger charge is 2.24. The SMILES string of the molecule is CC(C)CN1CCC(NC(=O)C(C)Oc2ccc(Br)cc2F)CC1. The molecule has 1 amide bonds. The topological polar surface area (TPSA) is 41.6 Å². The van der Waals surface area contributed by atoms with Crippen molar-refractivity contribution in [1.29, 1.82) is 0 Å². The molecule has 1 aromatic carbocycles. The number of likely N-dealkylation sites (tertiary alicyclic amines) is 1. The number of halogens is 2. The van der Waals surface area contributed by atoms with Crippen LogP contribution in [0.25, 0.3) is 0 Å². The van der Waals surface area contributed by atoms with E-state index < -0.39 is 11.9 Å². The number of nitrogens with one attached hydrogen (secondary N) is 1. The van der Waals surface area contributed by atoms with Crippen molar-refractivity contribution in [2.75, 3.05) is 19.6 Å². The van der Waals surface area contributed by atoms with Crippen LogP contribution in [0.4, 0.5) is 4.39 Å². The van der Waals surface area contributed by atoms with Crippen LogP contribution in [-0.4, -0.2) is 42.6 Å². The van der Waals surface area contributed by atoms with Crippen LogP contribution >= 0.6 is 15.9 Å². The van der Waals surface area contributed by atoms with Gasteiger partial charge in [-0.15, -0.1) is 0 Å². The second-order valence-corrected chi connectivity index (χ2v) is 7.73. The number of nitrogens with zero attached hydrogens (tertiary/aromatic N) is 1. The molecular weight excluding hydrogens is 375 g/mol. The van der Waals surface area contributed by atoms with Gasteiger partial charge < -0.3 is 15.0 Å². The van der Waals surface area contributed by atoms with E-state index >= 15 is 0 Å². The van der Waals surface area contributed by atoms with Crippen LogP contribution in [0.2, 0.25) is 0 Å². The summed E-state index contributed by atoms with van der Waals surface area (Å²) in [5, 5.41) is 3.02. The zero-order valence-corrected chi connectivity index (χ0v) is 16.1. The molecule has 1 atom stereocenters. The van der Waals surface area contributed by atoms with E-state index in [0.29, 0.717) is 10.4 Å². The van der Waals surface area contributed by atoms with Gasteiger partial charge in [-0.1, -0.05) is 29.8 Å². The first kappa shape index (κ1) is 19.2. The van der Waals surface area contributed by atoms with Crippen LogP contribution in [0.15, 0.2) is 22.7 Å². The van der Waals surface area contributed by atoms with Gasteiger partial charge in [0.2, 0.25) is 0 Å². The Morgan fingerprint density at radius 3 is 2.62 bits per heavy atom. The van der Waals surface area contributed by atoms with Crippen molar-refractivity contribution in [3.8, 4) is 5.75 Å².